The highest BCUT2D eigenvalue weighted by Gasteiger charge is 2.35. The summed E-state index contributed by atoms with van der Waals surface area (Å²) in [6.45, 7) is 2.85. The molecule has 29 heavy (non-hydrogen) atoms. The first kappa shape index (κ1) is 21.4. The minimum Gasteiger partial charge on any atom is -0.369 e. The summed E-state index contributed by atoms with van der Waals surface area (Å²) < 4.78 is 53.6. The van der Waals surface area contributed by atoms with Crippen LogP contribution in [0.25, 0.3) is 0 Å². The number of anilines is 2. The number of amides is 1. The van der Waals surface area contributed by atoms with Crippen LogP contribution >= 0.6 is 11.8 Å². The number of hydrogen-bond donors (Lipinski definition) is 1. The second-order valence-electron chi connectivity index (χ2n) is 6.81. The average Bonchev–Trinajstić information content (AvgIpc) is 2.68. The molecule has 0 radical (unpaired) electrons. The summed E-state index contributed by atoms with van der Waals surface area (Å²) in [6, 6.07) is 9.55. The lowest BCUT2D eigenvalue weighted by molar-refractivity contribution is -0.136. The summed E-state index contributed by atoms with van der Waals surface area (Å²) in [5.41, 5.74) is -0.641. The van der Waals surface area contributed by atoms with Crippen LogP contribution < -0.4 is 10.2 Å². The van der Waals surface area contributed by atoms with E-state index < -0.39 is 23.5 Å². The molecule has 1 saturated heterocycles. The van der Waals surface area contributed by atoms with Gasteiger partial charge in [0.15, 0.2) is 0 Å². The zero-order chi connectivity index (χ0) is 21.0. The van der Waals surface area contributed by atoms with Crippen molar-refractivity contribution in [3.05, 3.63) is 53.8 Å². The van der Waals surface area contributed by atoms with Gasteiger partial charge >= 0.3 is 6.18 Å². The third-order valence-electron chi connectivity index (χ3n) is 4.63. The van der Waals surface area contributed by atoms with Gasteiger partial charge in [0.2, 0.25) is 5.91 Å². The highest BCUT2D eigenvalue weighted by atomic mass is 32.2. The number of likely N-dealkylation sites (N-methyl/N-ethyl adjacent to an activating group) is 1. The molecule has 1 aliphatic heterocycles. The molecule has 0 aliphatic carbocycles. The average molecular weight is 427 g/mol. The highest BCUT2D eigenvalue weighted by Crippen LogP contribution is 2.37. The number of carbonyl (C=O) groups is 1. The second-order valence-corrected chi connectivity index (χ2v) is 7.86. The molecule has 1 amide bonds. The molecule has 0 bridgehead atoms. The van der Waals surface area contributed by atoms with Gasteiger partial charge in [0.25, 0.3) is 0 Å². The van der Waals surface area contributed by atoms with Gasteiger partial charge in [-0.25, -0.2) is 4.39 Å². The molecule has 0 aromatic heterocycles. The van der Waals surface area contributed by atoms with E-state index in [4.69, 9.17) is 0 Å². The fraction of sp³-hybridized carbons (Fsp3) is 0.350. The molecule has 0 unspecified atom stereocenters. The van der Waals surface area contributed by atoms with Crippen LogP contribution in [0.4, 0.5) is 28.9 Å². The number of nitrogens with one attached hydrogen (secondary N) is 1. The lowest BCUT2D eigenvalue weighted by atomic mass is 10.1. The zero-order valence-corrected chi connectivity index (χ0v) is 16.6. The molecule has 3 rings (SSSR count). The predicted octanol–water partition coefficient (Wildman–Crippen LogP) is 4.33. The minimum absolute atomic E-state index is 0.0802. The third-order valence-corrected chi connectivity index (χ3v) is 5.65. The summed E-state index contributed by atoms with van der Waals surface area (Å²) in [7, 11) is 1.97. The van der Waals surface area contributed by atoms with Crippen molar-refractivity contribution in [1.82, 2.24) is 4.90 Å². The number of benzene rings is 2. The number of thioether (sulfide) groups is 1. The molecular weight excluding hydrogens is 406 g/mol. The Morgan fingerprint density at radius 2 is 1.72 bits per heavy atom. The van der Waals surface area contributed by atoms with E-state index in [2.05, 4.69) is 10.2 Å². The Bertz CT molecular complexity index is 850. The Morgan fingerprint density at radius 1 is 1.07 bits per heavy atom. The van der Waals surface area contributed by atoms with Crippen molar-refractivity contribution in [3.8, 4) is 0 Å². The van der Waals surface area contributed by atoms with Crippen LogP contribution in [0.15, 0.2) is 47.4 Å². The van der Waals surface area contributed by atoms with Crippen LogP contribution in [0.1, 0.15) is 5.56 Å². The standard InChI is InChI=1S/C20H21F4N3OS/c1-26-8-10-27(11-9-26)15-4-7-18(17(12-15)20(22,23)24)25-19(28)13-29-16-5-2-14(21)3-6-16/h2-7,12H,8-11,13H2,1H3,(H,25,28). The topological polar surface area (TPSA) is 35.6 Å². The third kappa shape index (κ3) is 5.86. The lowest BCUT2D eigenvalue weighted by Gasteiger charge is -2.34. The Hall–Kier alpha value is -2.26. The summed E-state index contributed by atoms with van der Waals surface area (Å²) in [6.07, 6.45) is -4.59. The van der Waals surface area contributed by atoms with Gasteiger partial charge in [0, 0.05) is 36.8 Å². The van der Waals surface area contributed by atoms with Crippen molar-refractivity contribution in [3.63, 3.8) is 0 Å². The van der Waals surface area contributed by atoms with E-state index in [1.54, 1.807) is 6.07 Å². The number of carbonyl (C=O) groups excluding carboxylic acids is 1. The van der Waals surface area contributed by atoms with E-state index in [0.29, 0.717) is 23.7 Å². The molecular formula is C20H21F4N3OS. The Balaban J connectivity index is 1.70. The van der Waals surface area contributed by atoms with E-state index in [-0.39, 0.29) is 11.4 Å². The fourth-order valence-corrected chi connectivity index (χ4v) is 3.70. The van der Waals surface area contributed by atoms with Crippen LogP contribution in [0, 0.1) is 5.82 Å². The van der Waals surface area contributed by atoms with Crippen molar-refractivity contribution in [1.29, 1.82) is 0 Å². The van der Waals surface area contributed by atoms with Gasteiger partial charge < -0.3 is 15.1 Å². The van der Waals surface area contributed by atoms with Gasteiger partial charge in [-0.05, 0) is 49.5 Å². The smallest absolute Gasteiger partial charge is 0.369 e. The Labute approximate surface area is 170 Å². The van der Waals surface area contributed by atoms with Crippen LogP contribution in [0.2, 0.25) is 0 Å². The zero-order valence-electron chi connectivity index (χ0n) is 15.8. The van der Waals surface area contributed by atoms with Crippen LogP contribution in [0.3, 0.4) is 0 Å². The molecule has 0 spiro atoms. The van der Waals surface area contributed by atoms with Crippen molar-refractivity contribution in [2.45, 2.75) is 11.1 Å². The first-order chi connectivity index (χ1) is 13.7. The summed E-state index contributed by atoms with van der Waals surface area (Å²) >= 11 is 1.12. The summed E-state index contributed by atoms with van der Waals surface area (Å²) in [5.74, 6) is -1.03. The van der Waals surface area contributed by atoms with Gasteiger partial charge in [-0.15, -0.1) is 11.8 Å². The molecule has 0 saturated carbocycles. The molecule has 1 heterocycles. The fourth-order valence-electron chi connectivity index (χ4n) is 3.00. The van der Waals surface area contributed by atoms with Crippen LogP contribution in [0.5, 0.6) is 0 Å². The molecule has 0 atom stereocenters. The summed E-state index contributed by atoms with van der Waals surface area (Å²) in [4.78, 5) is 16.8. The molecule has 1 N–H and O–H groups in total. The maximum atomic E-state index is 13.6. The number of hydrogen-bond acceptors (Lipinski definition) is 4. The predicted molar refractivity (Wildman–Crippen MR) is 107 cm³/mol. The monoisotopic (exact) mass is 427 g/mol. The number of piperazine rings is 1. The Kier molecular flexibility index (Phi) is 6.69. The van der Waals surface area contributed by atoms with Gasteiger partial charge in [-0.3, -0.25) is 4.79 Å². The normalized spacial score (nSPS) is 15.4. The first-order valence-corrected chi connectivity index (χ1v) is 10.0. The maximum absolute atomic E-state index is 13.6. The molecule has 9 heteroatoms. The van der Waals surface area contributed by atoms with Crippen LogP contribution in [-0.2, 0) is 11.0 Å². The largest absolute Gasteiger partial charge is 0.418 e. The minimum atomic E-state index is -4.59. The number of halogens is 4. The van der Waals surface area contributed by atoms with Crippen molar-refractivity contribution >= 4 is 29.0 Å². The van der Waals surface area contributed by atoms with E-state index >= 15 is 0 Å². The van der Waals surface area contributed by atoms with Crippen molar-refractivity contribution < 1.29 is 22.4 Å². The van der Waals surface area contributed by atoms with Gasteiger partial charge in [-0.1, -0.05) is 0 Å². The molecule has 2 aromatic rings. The van der Waals surface area contributed by atoms with Gasteiger partial charge in [-0.2, -0.15) is 13.2 Å². The number of alkyl halides is 3. The van der Waals surface area contributed by atoms with Crippen molar-refractivity contribution in [2.75, 3.05) is 49.2 Å². The van der Waals surface area contributed by atoms with Gasteiger partial charge in [0.1, 0.15) is 5.82 Å². The quantitative estimate of drug-likeness (QED) is 0.569. The second kappa shape index (κ2) is 9.04. The SMILES string of the molecule is CN1CCN(c2ccc(NC(=O)CSc3ccc(F)cc3)c(C(F)(F)F)c2)CC1. The molecule has 2 aromatic carbocycles. The van der Waals surface area contributed by atoms with Gasteiger partial charge in [0.05, 0.1) is 17.0 Å². The molecule has 4 nitrogen and oxygen atoms in total. The number of rotatable bonds is 5. The first-order valence-electron chi connectivity index (χ1n) is 9.05. The van der Waals surface area contributed by atoms with Crippen LogP contribution in [-0.4, -0.2) is 49.8 Å². The maximum Gasteiger partial charge on any atom is 0.418 e. The van der Waals surface area contributed by atoms with E-state index in [0.717, 1.165) is 30.9 Å². The van der Waals surface area contributed by atoms with E-state index in [9.17, 15) is 22.4 Å². The van der Waals surface area contributed by atoms with Crippen molar-refractivity contribution in [2.24, 2.45) is 0 Å². The van der Waals surface area contributed by atoms with E-state index in [1.165, 1.54) is 30.3 Å². The number of nitrogens with zero attached hydrogens (tertiary/aromatic N) is 2. The van der Waals surface area contributed by atoms with E-state index in [1.807, 2.05) is 11.9 Å². The molecule has 1 aliphatic rings. The lowest BCUT2D eigenvalue weighted by Crippen LogP contribution is -2.44. The molecule has 156 valence electrons. The molecule has 1 fully saturated rings. The highest BCUT2D eigenvalue weighted by molar-refractivity contribution is 8.00. The summed E-state index contributed by atoms with van der Waals surface area (Å²) in [5, 5.41) is 2.36. The Morgan fingerprint density at radius 3 is 2.34 bits per heavy atom.